The molecule has 0 saturated heterocycles. The predicted molar refractivity (Wildman–Crippen MR) is 71.1 cm³/mol. The lowest BCUT2D eigenvalue weighted by Crippen LogP contribution is -1.90. The molecule has 3 aromatic rings. The topological polar surface area (TPSA) is 30.2 Å². The molecular formula is C12H7BrClN3. The van der Waals surface area contributed by atoms with Crippen LogP contribution >= 0.6 is 27.5 Å². The Labute approximate surface area is 111 Å². The number of halogens is 2. The number of fused-ring (bicyclic) bond motifs is 1. The molecule has 0 bridgehead atoms. The second-order valence-electron chi connectivity index (χ2n) is 3.58. The average Bonchev–Trinajstić information content (AvgIpc) is 2.74. The van der Waals surface area contributed by atoms with Gasteiger partial charge in [0.1, 0.15) is 5.15 Å². The first kappa shape index (κ1) is 10.7. The van der Waals surface area contributed by atoms with Crippen molar-refractivity contribution in [1.29, 1.82) is 0 Å². The van der Waals surface area contributed by atoms with E-state index in [-0.39, 0.29) is 0 Å². The summed E-state index contributed by atoms with van der Waals surface area (Å²) in [5.41, 5.74) is 1.72. The molecule has 3 rings (SSSR count). The van der Waals surface area contributed by atoms with E-state index in [9.17, 15) is 0 Å². The fourth-order valence-corrected chi connectivity index (χ4v) is 2.36. The Kier molecular flexibility index (Phi) is 2.61. The molecule has 0 fully saturated rings. The summed E-state index contributed by atoms with van der Waals surface area (Å²) in [6.45, 7) is 0. The molecule has 5 heteroatoms. The van der Waals surface area contributed by atoms with Gasteiger partial charge in [0.2, 0.25) is 0 Å². The van der Waals surface area contributed by atoms with Crippen LogP contribution in [-0.2, 0) is 0 Å². The second kappa shape index (κ2) is 4.13. The summed E-state index contributed by atoms with van der Waals surface area (Å²) in [6, 6.07) is 13.4. The zero-order valence-electron chi connectivity index (χ0n) is 8.64. The van der Waals surface area contributed by atoms with Gasteiger partial charge in [-0.2, -0.15) is 0 Å². The first-order chi connectivity index (χ1) is 8.25. The largest absolute Gasteiger partial charge is 0.265 e. The molecule has 0 radical (unpaired) electrons. The number of benzene rings is 1. The van der Waals surface area contributed by atoms with Crippen LogP contribution in [0.5, 0.6) is 0 Å². The van der Waals surface area contributed by atoms with Gasteiger partial charge in [-0.05, 0) is 24.3 Å². The molecule has 0 N–H and O–H groups in total. The predicted octanol–water partition coefficient (Wildman–Crippen LogP) is 3.81. The van der Waals surface area contributed by atoms with Gasteiger partial charge in [0.25, 0.3) is 0 Å². The van der Waals surface area contributed by atoms with Gasteiger partial charge in [0.05, 0.1) is 0 Å². The van der Waals surface area contributed by atoms with E-state index < -0.39 is 0 Å². The molecule has 0 aliphatic rings. The average molecular weight is 309 g/mol. The summed E-state index contributed by atoms with van der Waals surface area (Å²) in [5.74, 6) is 0.743. The molecule has 0 amide bonds. The third-order valence-electron chi connectivity index (χ3n) is 2.46. The van der Waals surface area contributed by atoms with E-state index in [0.29, 0.717) is 5.15 Å². The van der Waals surface area contributed by atoms with Crippen molar-refractivity contribution in [2.24, 2.45) is 0 Å². The van der Waals surface area contributed by atoms with Crippen molar-refractivity contribution in [2.45, 2.75) is 0 Å². The normalized spacial score (nSPS) is 10.9. The molecule has 0 spiro atoms. The summed E-state index contributed by atoms with van der Waals surface area (Å²) in [6.07, 6.45) is 0. The summed E-state index contributed by atoms with van der Waals surface area (Å²) in [5, 5.41) is 8.87. The highest BCUT2D eigenvalue weighted by Crippen LogP contribution is 2.24. The fraction of sp³-hybridized carbons (Fsp3) is 0. The Hall–Kier alpha value is -1.39. The Morgan fingerprint density at radius 1 is 1.06 bits per heavy atom. The van der Waals surface area contributed by atoms with Gasteiger partial charge in [-0.3, -0.25) is 4.40 Å². The molecule has 0 atom stereocenters. The highest BCUT2D eigenvalue weighted by Gasteiger charge is 2.10. The van der Waals surface area contributed by atoms with E-state index in [0.717, 1.165) is 21.5 Å². The van der Waals surface area contributed by atoms with E-state index in [1.54, 1.807) is 0 Å². The molecule has 3 nitrogen and oxygen atoms in total. The van der Waals surface area contributed by atoms with Crippen molar-refractivity contribution in [2.75, 3.05) is 0 Å². The number of nitrogens with zero attached hydrogens (tertiary/aromatic N) is 3. The number of pyridine rings is 1. The van der Waals surface area contributed by atoms with Gasteiger partial charge < -0.3 is 0 Å². The number of rotatable bonds is 1. The molecule has 17 heavy (non-hydrogen) atoms. The minimum atomic E-state index is 0.600. The van der Waals surface area contributed by atoms with Crippen molar-refractivity contribution < 1.29 is 0 Å². The van der Waals surface area contributed by atoms with Crippen LogP contribution in [0, 0.1) is 0 Å². The zero-order chi connectivity index (χ0) is 11.8. The van der Waals surface area contributed by atoms with Gasteiger partial charge in [-0.1, -0.05) is 45.7 Å². The van der Waals surface area contributed by atoms with Crippen molar-refractivity contribution in [3.05, 3.63) is 52.1 Å². The van der Waals surface area contributed by atoms with E-state index in [4.69, 9.17) is 11.6 Å². The van der Waals surface area contributed by atoms with E-state index in [2.05, 4.69) is 26.1 Å². The van der Waals surface area contributed by atoms with Crippen molar-refractivity contribution in [3.8, 4) is 11.4 Å². The van der Waals surface area contributed by atoms with Crippen molar-refractivity contribution >= 4 is 33.2 Å². The Morgan fingerprint density at radius 2 is 1.88 bits per heavy atom. The molecular weight excluding hydrogens is 302 g/mol. The standard InChI is InChI=1S/C12H7BrClN3/c13-9-4-1-3-8(7-9)12-16-15-11-6-2-5-10(14)17(11)12/h1-7H. The van der Waals surface area contributed by atoms with E-state index >= 15 is 0 Å². The minimum Gasteiger partial charge on any atom is -0.265 e. The molecule has 0 aliphatic heterocycles. The molecule has 0 unspecified atom stereocenters. The van der Waals surface area contributed by atoms with Crippen molar-refractivity contribution in [1.82, 2.24) is 14.6 Å². The Balaban J connectivity index is 2.31. The smallest absolute Gasteiger partial charge is 0.169 e. The van der Waals surface area contributed by atoms with Crippen LogP contribution in [0.2, 0.25) is 5.15 Å². The highest BCUT2D eigenvalue weighted by molar-refractivity contribution is 9.10. The third kappa shape index (κ3) is 1.83. The first-order valence-electron chi connectivity index (χ1n) is 5.01. The highest BCUT2D eigenvalue weighted by atomic mass is 79.9. The zero-order valence-corrected chi connectivity index (χ0v) is 11.0. The number of hydrogen-bond donors (Lipinski definition) is 0. The maximum atomic E-state index is 6.16. The molecule has 84 valence electrons. The Bertz CT molecular complexity index is 693. The minimum absolute atomic E-state index is 0.600. The summed E-state index contributed by atoms with van der Waals surface area (Å²) in [7, 11) is 0. The van der Waals surface area contributed by atoms with Gasteiger partial charge in [0.15, 0.2) is 11.5 Å². The SMILES string of the molecule is Clc1cccc2nnc(-c3cccc(Br)c3)n12. The molecule has 0 aliphatic carbocycles. The lowest BCUT2D eigenvalue weighted by Gasteiger charge is -2.02. The molecule has 2 aromatic heterocycles. The van der Waals surface area contributed by atoms with Crippen LogP contribution in [0.4, 0.5) is 0 Å². The summed E-state index contributed by atoms with van der Waals surface area (Å²) >= 11 is 9.60. The van der Waals surface area contributed by atoms with Gasteiger partial charge in [-0.15, -0.1) is 10.2 Å². The van der Waals surface area contributed by atoms with Crippen LogP contribution in [0.25, 0.3) is 17.0 Å². The fourth-order valence-electron chi connectivity index (χ4n) is 1.72. The van der Waals surface area contributed by atoms with E-state index in [1.165, 1.54) is 0 Å². The maximum Gasteiger partial charge on any atom is 0.169 e. The lowest BCUT2D eigenvalue weighted by atomic mass is 10.2. The maximum absolute atomic E-state index is 6.16. The summed E-state index contributed by atoms with van der Waals surface area (Å²) < 4.78 is 2.82. The van der Waals surface area contributed by atoms with Crippen molar-refractivity contribution in [3.63, 3.8) is 0 Å². The molecule has 2 heterocycles. The van der Waals surface area contributed by atoms with Crippen LogP contribution in [0.1, 0.15) is 0 Å². The third-order valence-corrected chi connectivity index (χ3v) is 3.25. The summed E-state index contributed by atoms with van der Waals surface area (Å²) in [4.78, 5) is 0. The van der Waals surface area contributed by atoms with Crippen LogP contribution in [0.3, 0.4) is 0 Å². The van der Waals surface area contributed by atoms with Gasteiger partial charge in [-0.25, -0.2) is 0 Å². The van der Waals surface area contributed by atoms with Gasteiger partial charge in [0, 0.05) is 10.0 Å². The quantitative estimate of drug-likeness (QED) is 0.640. The van der Waals surface area contributed by atoms with Crippen LogP contribution in [0.15, 0.2) is 46.9 Å². The first-order valence-corrected chi connectivity index (χ1v) is 6.18. The molecule has 0 saturated carbocycles. The van der Waals surface area contributed by atoms with Crippen LogP contribution < -0.4 is 0 Å². The Morgan fingerprint density at radius 3 is 2.71 bits per heavy atom. The molecule has 1 aromatic carbocycles. The number of aromatic nitrogens is 3. The lowest BCUT2D eigenvalue weighted by molar-refractivity contribution is 1.11. The monoisotopic (exact) mass is 307 g/mol. The van der Waals surface area contributed by atoms with Crippen LogP contribution in [-0.4, -0.2) is 14.6 Å². The number of hydrogen-bond acceptors (Lipinski definition) is 2. The second-order valence-corrected chi connectivity index (χ2v) is 4.88. The van der Waals surface area contributed by atoms with E-state index in [1.807, 2.05) is 46.9 Å². The van der Waals surface area contributed by atoms with Gasteiger partial charge >= 0.3 is 0 Å².